The number of rotatable bonds is 6. The van der Waals surface area contributed by atoms with Gasteiger partial charge in [-0.05, 0) is 56.2 Å². The van der Waals surface area contributed by atoms with Gasteiger partial charge in [0, 0.05) is 31.2 Å². The molecular weight excluding hydrogens is 304 g/mol. The SMILES string of the molecule is CC(=O)N(Cc1ccc(NC2CCC(C(=O)O)CC2)cc1)C1CC1. The fourth-order valence-electron chi connectivity index (χ4n) is 3.51. The summed E-state index contributed by atoms with van der Waals surface area (Å²) in [5.74, 6) is -0.691. The van der Waals surface area contributed by atoms with E-state index < -0.39 is 5.97 Å². The number of benzene rings is 1. The molecule has 3 rings (SSSR count). The summed E-state index contributed by atoms with van der Waals surface area (Å²) in [6, 6.07) is 9.05. The number of carboxylic acids is 1. The van der Waals surface area contributed by atoms with Crippen LogP contribution in [0, 0.1) is 5.92 Å². The van der Waals surface area contributed by atoms with Gasteiger partial charge in [0.15, 0.2) is 0 Å². The largest absolute Gasteiger partial charge is 0.481 e. The highest BCUT2D eigenvalue weighted by atomic mass is 16.4. The van der Waals surface area contributed by atoms with Crippen LogP contribution in [0.25, 0.3) is 0 Å². The summed E-state index contributed by atoms with van der Waals surface area (Å²) in [7, 11) is 0. The first-order chi connectivity index (χ1) is 11.5. The van der Waals surface area contributed by atoms with Crippen LogP contribution in [0.2, 0.25) is 0 Å². The molecule has 0 unspecified atom stereocenters. The van der Waals surface area contributed by atoms with E-state index >= 15 is 0 Å². The molecule has 2 aliphatic carbocycles. The molecule has 0 spiro atoms. The average molecular weight is 330 g/mol. The van der Waals surface area contributed by atoms with Gasteiger partial charge in [0.1, 0.15) is 0 Å². The number of anilines is 1. The van der Waals surface area contributed by atoms with Crippen LogP contribution in [0.5, 0.6) is 0 Å². The van der Waals surface area contributed by atoms with Crippen molar-refractivity contribution in [3.63, 3.8) is 0 Å². The zero-order chi connectivity index (χ0) is 17.1. The molecule has 0 heterocycles. The number of carbonyl (C=O) groups is 2. The molecule has 1 amide bonds. The zero-order valence-electron chi connectivity index (χ0n) is 14.2. The van der Waals surface area contributed by atoms with Crippen LogP contribution < -0.4 is 5.32 Å². The first-order valence-electron chi connectivity index (χ1n) is 8.88. The second-order valence-corrected chi connectivity index (χ2v) is 7.11. The second kappa shape index (κ2) is 7.24. The van der Waals surface area contributed by atoms with Crippen LogP contribution in [0.1, 0.15) is 51.0 Å². The summed E-state index contributed by atoms with van der Waals surface area (Å²) >= 11 is 0. The molecule has 2 fully saturated rings. The van der Waals surface area contributed by atoms with Gasteiger partial charge in [0.05, 0.1) is 5.92 Å². The molecule has 0 aliphatic heterocycles. The van der Waals surface area contributed by atoms with Gasteiger partial charge >= 0.3 is 5.97 Å². The molecule has 0 atom stereocenters. The summed E-state index contributed by atoms with van der Waals surface area (Å²) < 4.78 is 0. The van der Waals surface area contributed by atoms with E-state index in [1.165, 1.54) is 0 Å². The lowest BCUT2D eigenvalue weighted by molar-refractivity contribution is -0.142. The van der Waals surface area contributed by atoms with Crippen LogP contribution in [0.3, 0.4) is 0 Å². The smallest absolute Gasteiger partial charge is 0.306 e. The molecule has 5 heteroatoms. The van der Waals surface area contributed by atoms with Gasteiger partial charge in [0.2, 0.25) is 5.91 Å². The Balaban J connectivity index is 1.51. The lowest BCUT2D eigenvalue weighted by Gasteiger charge is -2.27. The quantitative estimate of drug-likeness (QED) is 0.840. The first-order valence-corrected chi connectivity index (χ1v) is 8.88. The predicted octanol–water partition coefficient (Wildman–Crippen LogP) is 3.25. The van der Waals surface area contributed by atoms with Crippen molar-refractivity contribution >= 4 is 17.6 Å². The molecule has 2 saturated carbocycles. The molecule has 0 radical (unpaired) electrons. The van der Waals surface area contributed by atoms with Crippen LogP contribution in [0.4, 0.5) is 5.69 Å². The minimum absolute atomic E-state index is 0.148. The maximum atomic E-state index is 11.7. The summed E-state index contributed by atoms with van der Waals surface area (Å²) in [6.07, 6.45) is 5.55. The molecule has 5 nitrogen and oxygen atoms in total. The van der Waals surface area contributed by atoms with Crippen molar-refractivity contribution < 1.29 is 14.7 Å². The molecule has 2 N–H and O–H groups in total. The van der Waals surface area contributed by atoms with Crippen molar-refractivity contribution in [2.45, 2.75) is 64.1 Å². The summed E-state index contributed by atoms with van der Waals surface area (Å²) in [4.78, 5) is 24.7. The molecule has 24 heavy (non-hydrogen) atoms. The van der Waals surface area contributed by atoms with Gasteiger partial charge in [-0.15, -0.1) is 0 Å². The number of carbonyl (C=O) groups excluding carboxylic acids is 1. The predicted molar refractivity (Wildman–Crippen MR) is 92.7 cm³/mol. The fourth-order valence-corrected chi connectivity index (χ4v) is 3.51. The number of hydrogen-bond donors (Lipinski definition) is 2. The number of hydrogen-bond acceptors (Lipinski definition) is 3. The van der Waals surface area contributed by atoms with Crippen molar-refractivity contribution in [1.29, 1.82) is 0 Å². The standard InChI is InChI=1S/C19H26N2O3/c1-13(22)21(18-10-11-18)12-14-2-6-16(7-3-14)20-17-8-4-15(5-9-17)19(23)24/h2-3,6-7,15,17-18,20H,4-5,8-12H2,1H3,(H,23,24). The normalized spacial score (nSPS) is 23.5. The Labute approximate surface area is 143 Å². The molecular formula is C19H26N2O3. The van der Waals surface area contributed by atoms with E-state index in [2.05, 4.69) is 29.6 Å². The van der Waals surface area contributed by atoms with E-state index in [1.807, 2.05) is 4.90 Å². The van der Waals surface area contributed by atoms with Crippen LogP contribution >= 0.6 is 0 Å². The Bertz CT molecular complexity index is 587. The number of carboxylic acid groups (broad SMARTS) is 1. The Morgan fingerprint density at radius 3 is 2.21 bits per heavy atom. The summed E-state index contributed by atoms with van der Waals surface area (Å²) in [6.45, 7) is 2.33. The Hall–Kier alpha value is -2.04. The average Bonchev–Trinajstić information content (AvgIpc) is 3.39. The third-order valence-electron chi connectivity index (χ3n) is 5.15. The highest BCUT2D eigenvalue weighted by Crippen LogP contribution is 2.29. The molecule has 2 aliphatic rings. The second-order valence-electron chi connectivity index (χ2n) is 7.11. The molecule has 0 bridgehead atoms. The number of aliphatic carboxylic acids is 1. The van der Waals surface area contributed by atoms with Gasteiger partial charge in [-0.3, -0.25) is 9.59 Å². The van der Waals surface area contributed by atoms with Crippen molar-refractivity contribution in [2.75, 3.05) is 5.32 Å². The molecule has 0 aromatic heterocycles. The lowest BCUT2D eigenvalue weighted by atomic mass is 9.86. The van der Waals surface area contributed by atoms with Crippen molar-refractivity contribution in [1.82, 2.24) is 4.90 Å². The van der Waals surface area contributed by atoms with Gasteiger partial charge in [-0.2, -0.15) is 0 Å². The van der Waals surface area contributed by atoms with E-state index in [1.54, 1.807) is 6.92 Å². The van der Waals surface area contributed by atoms with Gasteiger partial charge in [0.25, 0.3) is 0 Å². The molecule has 130 valence electrons. The van der Waals surface area contributed by atoms with Gasteiger partial charge < -0.3 is 15.3 Å². The highest BCUT2D eigenvalue weighted by Gasteiger charge is 2.30. The summed E-state index contributed by atoms with van der Waals surface area (Å²) in [5, 5.41) is 12.6. The maximum absolute atomic E-state index is 11.7. The van der Waals surface area contributed by atoms with E-state index in [0.29, 0.717) is 18.6 Å². The van der Waals surface area contributed by atoms with Crippen LogP contribution in [0.15, 0.2) is 24.3 Å². The van der Waals surface area contributed by atoms with E-state index in [-0.39, 0.29) is 11.8 Å². The van der Waals surface area contributed by atoms with E-state index in [4.69, 9.17) is 5.11 Å². The third-order valence-corrected chi connectivity index (χ3v) is 5.15. The molecule has 1 aromatic rings. The monoisotopic (exact) mass is 330 g/mol. The lowest BCUT2D eigenvalue weighted by Crippen LogP contribution is -2.30. The van der Waals surface area contributed by atoms with E-state index in [0.717, 1.165) is 49.8 Å². The van der Waals surface area contributed by atoms with Crippen LogP contribution in [-0.2, 0) is 16.1 Å². The first kappa shape index (κ1) is 16.8. The van der Waals surface area contributed by atoms with Crippen molar-refractivity contribution in [2.24, 2.45) is 5.92 Å². The minimum Gasteiger partial charge on any atom is -0.481 e. The highest BCUT2D eigenvalue weighted by molar-refractivity contribution is 5.74. The Kier molecular flexibility index (Phi) is 5.07. The van der Waals surface area contributed by atoms with Gasteiger partial charge in [-0.1, -0.05) is 12.1 Å². The van der Waals surface area contributed by atoms with Gasteiger partial charge in [-0.25, -0.2) is 0 Å². The topological polar surface area (TPSA) is 69.6 Å². The minimum atomic E-state index is -0.663. The molecule has 1 aromatic carbocycles. The van der Waals surface area contributed by atoms with Crippen molar-refractivity contribution in [3.8, 4) is 0 Å². The number of amides is 1. The van der Waals surface area contributed by atoms with Crippen molar-refractivity contribution in [3.05, 3.63) is 29.8 Å². The number of nitrogens with one attached hydrogen (secondary N) is 1. The van der Waals surface area contributed by atoms with E-state index in [9.17, 15) is 9.59 Å². The zero-order valence-corrected chi connectivity index (χ0v) is 14.2. The number of nitrogens with zero attached hydrogens (tertiary/aromatic N) is 1. The Morgan fingerprint density at radius 1 is 1.08 bits per heavy atom. The summed E-state index contributed by atoms with van der Waals surface area (Å²) in [5.41, 5.74) is 2.22. The van der Waals surface area contributed by atoms with Crippen LogP contribution in [-0.4, -0.2) is 34.0 Å². The molecule has 0 saturated heterocycles. The fraction of sp³-hybridized carbons (Fsp3) is 0.579. The maximum Gasteiger partial charge on any atom is 0.306 e. The third kappa shape index (κ3) is 4.28. The Morgan fingerprint density at radius 2 is 1.71 bits per heavy atom.